The molecule has 0 spiro atoms. The summed E-state index contributed by atoms with van der Waals surface area (Å²) in [5, 5.41) is 3.27. The average Bonchev–Trinajstić information content (AvgIpc) is 2.45. The second-order valence-electron chi connectivity index (χ2n) is 4.38. The third-order valence-electron chi connectivity index (χ3n) is 2.98. The number of hydrogen-bond donors (Lipinski definition) is 1. The fourth-order valence-corrected chi connectivity index (χ4v) is 2.36. The van der Waals surface area contributed by atoms with E-state index < -0.39 is 0 Å². The molecule has 0 aromatic carbocycles. The van der Waals surface area contributed by atoms with E-state index in [9.17, 15) is 0 Å². The van der Waals surface area contributed by atoms with Crippen LogP contribution in [0, 0.1) is 11.8 Å². The number of hydrogen-bond acceptors (Lipinski definition) is 1. The van der Waals surface area contributed by atoms with Gasteiger partial charge in [-0.05, 0) is 12.8 Å². The van der Waals surface area contributed by atoms with Gasteiger partial charge in [-0.25, -0.2) is 0 Å². The van der Waals surface area contributed by atoms with E-state index in [1.54, 1.807) is 0 Å². The third kappa shape index (κ3) is 2.40. The molecule has 0 aromatic rings. The molecule has 1 nitrogen and oxygen atoms in total. The summed E-state index contributed by atoms with van der Waals surface area (Å²) in [6, 6.07) is 0. The maximum Gasteiger partial charge on any atom is 0.0114 e. The quantitative estimate of drug-likeness (QED) is 0.616. The Balaban J connectivity index is 0.000000293. The molecular formula is C13H23N. The predicted octanol–water partition coefficient (Wildman–Crippen LogP) is 3.84. The number of nitrogens with one attached hydrogen (secondary N) is 1. The molecule has 0 radical (unpaired) electrons. The molecule has 2 rings (SSSR count). The largest absolute Gasteiger partial charge is 0.363 e. The topological polar surface area (TPSA) is 12.0 Å². The molecule has 1 saturated carbocycles. The van der Waals surface area contributed by atoms with Gasteiger partial charge in [0.25, 0.3) is 0 Å². The lowest BCUT2D eigenvalue weighted by atomic mass is 9.79. The maximum atomic E-state index is 4.02. The first-order valence-corrected chi connectivity index (χ1v) is 5.85. The van der Waals surface area contributed by atoms with Crippen LogP contribution in [-0.4, -0.2) is 0 Å². The zero-order chi connectivity index (χ0) is 10.6. The summed E-state index contributed by atoms with van der Waals surface area (Å²) in [5.74, 6) is 1.41. The van der Waals surface area contributed by atoms with Crippen LogP contribution in [0.4, 0.5) is 0 Å². The first-order chi connectivity index (χ1) is 6.70. The van der Waals surface area contributed by atoms with Gasteiger partial charge in [-0.3, -0.25) is 0 Å². The highest BCUT2D eigenvalue weighted by Gasteiger charge is 2.34. The van der Waals surface area contributed by atoms with Gasteiger partial charge in [0.2, 0.25) is 0 Å². The highest BCUT2D eigenvalue weighted by molar-refractivity contribution is 5.23. The van der Waals surface area contributed by atoms with Gasteiger partial charge in [-0.15, -0.1) is 0 Å². The first kappa shape index (κ1) is 11.4. The molecule has 2 aliphatic rings. The van der Waals surface area contributed by atoms with E-state index in [1.165, 1.54) is 43.5 Å². The van der Waals surface area contributed by atoms with Crippen molar-refractivity contribution in [3.05, 3.63) is 24.6 Å². The van der Waals surface area contributed by atoms with Crippen LogP contribution in [0.1, 0.15) is 46.0 Å². The molecule has 1 N–H and O–H groups in total. The minimum Gasteiger partial charge on any atom is -0.363 e. The molecular weight excluding hydrogens is 170 g/mol. The van der Waals surface area contributed by atoms with E-state index in [0.717, 1.165) is 0 Å². The molecule has 80 valence electrons. The van der Waals surface area contributed by atoms with Crippen LogP contribution >= 0.6 is 0 Å². The minimum atomic E-state index is 0.705. The minimum absolute atomic E-state index is 0.705. The molecule has 1 aliphatic carbocycles. The molecule has 1 heterocycles. The van der Waals surface area contributed by atoms with Crippen molar-refractivity contribution in [3.63, 3.8) is 0 Å². The van der Waals surface area contributed by atoms with Crippen LogP contribution in [0.3, 0.4) is 0 Å². The van der Waals surface area contributed by atoms with Crippen molar-refractivity contribution in [2.45, 2.75) is 46.0 Å². The Kier molecular flexibility index (Phi) is 4.24. The Morgan fingerprint density at radius 2 is 1.43 bits per heavy atom. The molecule has 1 saturated heterocycles. The van der Waals surface area contributed by atoms with Crippen molar-refractivity contribution in [2.24, 2.45) is 11.8 Å². The van der Waals surface area contributed by atoms with Gasteiger partial charge in [0.05, 0.1) is 0 Å². The van der Waals surface area contributed by atoms with Crippen LogP contribution < -0.4 is 5.32 Å². The average molecular weight is 193 g/mol. The molecule has 14 heavy (non-hydrogen) atoms. The fraction of sp³-hybridized carbons (Fsp3) is 0.692. The SMILES string of the molecule is C=C1NC(=C)C2CCCCC12.CCC. The van der Waals surface area contributed by atoms with Crippen LogP contribution in [-0.2, 0) is 0 Å². The lowest BCUT2D eigenvalue weighted by Gasteiger charge is -2.23. The summed E-state index contributed by atoms with van der Waals surface area (Å²) in [6.45, 7) is 12.3. The van der Waals surface area contributed by atoms with Gasteiger partial charge in [-0.2, -0.15) is 0 Å². The first-order valence-electron chi connectivity index (χ1n) is 5.85. The molecule has 1 heteroatoms. The lowest BCUT2D eigenvalue weighted by molar-refractivity contribution is 0.338. The fourth-order valence-electron chi connectivity index (χ4n) is 2.36. The highest BCUT2D eigenvalue weighted by Crippen LogP contribution is 2.41. The molecule has 0 amide bonds. The standard InChI is InChI=1S/C10H15N.C3H8/c1-7-9-5-3-4-6-10(9)8(2)11-7;1-3-2/h9-11H,1-6H2;3H2,1-2H3. The summed E-state index contributed by atoms with van der Waals surface area (Å²) in [7, 11) is 0. The van der Waals surface area contributed by atoms with Crippen molar-refractivity contribution in [1.82, 2.24) is 5.32 Å². The van der Waals surface area contributed by atoms with Crippen molar-refractivity contribution in [1.29, 1.82) is 0 Å². The van der Waals surface area contributed by atoms with E-state index in [2.05, 4.69) is 32.3 Å². The van der Waals surface area contributed by atoms with Crippen molar-refractivity contribution >= 4 is 0 Å². The second-order valence-corrected chi connectivity index (χ2v) is 4.38. The Morgan fingerprint density at radius 3 is 1.79 bits per heavy atom. The van der Waals surface area contributed by atoms with E-state index in [-0.39, 0.29) is 0 Å². The lowest BCUT2D eigenvalue weighted by Crippen LogP contribution is -2.14. The van der Waals surface area contributed by atoms with E-state index in [0.29, 0.717) is 11.8 Å². The van der Waals surface area contributed by atoms with Crippen LogP contribution in [0.15, 0.2) is 24.6 Å². The molecule has 0 aromatic heterocycles. The molecule has 2 unspecified atom stereocenters. The smallest absolute Gasteiger partial charge is 0.0114 e. The van der Waals surface area contributed by atoms with E-state index >= 15 is 0 Å². The second kappa shape index (κ2) is 5.23. The molecule has 2 atom stereocenters. The van der Waals surface area contributed by atoms with Gasteiger partial charge in [-0.1, -0.05) is 46.3 Å². The van der Waals surface area contributed by atoms with E-state index in [4.69, 9.17) is 0 Å². The van der Waals surface area contributed by atoms with Crippen LogP contribution in [0.5, 0.6) is 0 Å². The summed E-state index contributed by atoms with van der Waals surface area (Å²) >= 11 is 0. The zero-order valence-corrected chi connectivity index (χ0v) is 9.60. The number of fused-ring (bicyclic) bond motifs is 1. The van der Waals surface area contributed by atoms with Crippen LogP contribution in [0.25, 0.3) is 0 Å². The number of rotatable bonds is 0. The molecule has 2 fully saturated rings. The zero-order valence-electron chi connectivity index (χ0n) is 9.60. The third-order valence-corrected chi connectivity index (χ3v) is 2.98. The van der Waals surface area contributed by atoms with Crippen molar-refractivity contribution in [3.8, 4) is 0 Å². The monoisotopic (exact) mass is 193 g/mol. The summed E-state index contributed by atoms with van der Waals surface area (Å²) in [4.78, 5) is 0. The van der Waals surface area contributed by atoms with E-state index in [1.807, 2.05) is 0 Å². The Bertz CT molecular complexity index is 195. The van der Waals surface area contributed by atoms with Gasteiger partial charge < -0.3 is 5.32 Å². The summed E-state index contributed by atoms with van der Waals surface area (Å²) in [6.07, 6.45) is 6.62. The van der Waals surface area contributed by atoms with Crippen LogP contribution in [0.2, 0.25) is 0 Å². The molecule has 1 aliphatic heterocycles. The van der Waals surface area contributed by atoms with Crippen molar-refractivity contribution in [2.75, 3.05) is 0 Å². The summed E-state index contributed by atoms with van der Waals surface area (Å²) < 4.78 is 0. The Hall–Kier alpha value is -0.720. The number of allylic oxidation sites excluding steroid dienone is 2. The summed E-state index contributed by atoms with van der Waals surface area (Å²) in [5.41, 5.74) is 2.42. The van der Waals surface area contributed by atoms with Gasteiger partial charge >= 0.3 is 0 Å². The van der Waals surface area contributed by atoms with Gasteiger partial charge in [0, 0.05) is 23.2 Å². The predicted molar refractivity (Wildman–Crippen MR) is 62.8 cm³/mol. The normalized spacial score (nSPS) is 30.1. The van der Waals surface area contributed by atoms with Crippen molar-refractivity contribution < 1.29 is 0 Å². The van der Waals surface area contributed by atoms with Gasteiger partial charge in [0.15, 0.2) is 0 Å². The highest BCUT2D eigenvalue weighted by atomic mass is 15.0. The Morgan fingerprint density at radius 1 is 1.07 bits per heavy atom. The Labute approximate surface area is 88.3 Å². The molecule has 0 bridgehead atoms. The van der Waals surface area contributed by atoms with Gasteiger partial charge in [0.1, 0.15) is 0 Å². The maximum absolute atomic E-state index is 4.02.